The number of benzene rings is 1. The van der Waals surface area contributed by atoms with E-state index in [1.165, 1.54) is 21.0 Å². The van der Waals surface area contributed by atoms with Crippen molar-refractivity contribution in [3.05, 3.63) is 35.9 Å². The van der Waals surface area contributed by atoms with Gasteiger partial charge in [-0.1, -0.05) is 30.3 Å². The Bertz CT molecular complexity index is 633. The molecule has 2 heterocycles. The first-order valence-electron chi connectivity index (χ1n) is 8.34. The Balaban J connectivity index is 1.86. The van der Waals surface area contributed by atoms with E-state index in [0.29, 0.717) is 0 Å². The number of carbonyl (C=O) groups is 2. The van der Waals surface area contributed by atoms with Gasteiger partial charge in [-0.05, 0) is 0 Å². The Morgan fingerprint density at radius 3 is 2.27 bits per heavy atom. The van der Waals surface area contributed by atoms with Crippen LogP contribution in [-0.4, -0.2) is 56.4 Å². The van der Waals surface area contributed by atoms with Crippen molar-refractivity contribution >= 4 is 11.9 Å². The normalized spacial score (nSPS) is 33.8. The lowest BCUT2D eigenvalue weighted by molar-refractivity contribution is -0.359. The summed E-state index contributed by atoms with van der Waals surface area (Å²) < 4.78 is 33.6. The van der Waals surface area contributed by atoms with Crippen molar-refractivity contribution in [3.8, 4) is 0 Å². The number of esters is 2. The van der Waals surface area contributed by atoms with Gasteiger partial charge in [0, 0.05) is 26.5 Å². The molecule has 1 aromatic rings. The molecule has 0 unspecified atom stereocenters. The van der Waals surface area contributed by atoms with E-state index in [1.54, 1.807) is 0 Å². The van der Waals surface area contributed by atoms with E-state index in [-0.39, 0.29) is 6.61 Å². The Morgan fingerprint density at radius 2 is 1.65 bits per heavy atom. The molecule has 3 rings (SSSR count). The van der Waals surface area contributed by atoms with E-state index in [1.807, 2.05) is 30.3 Å². The fraction of sp³-hybridized carbons (Fsp3) is 0.556. The van der Waals surface area contributed by atoms with Crippen LogP contribution in [0.25, 0.3) is 0 Å². The van der Waals surface area contributed by atoms with Gasteiger partial charge in [0.1, 0.15) is 12.2 Å². The number of hydrogen-bond acceptors (Lipinski definition) is 8. The van der Waals surface area contributed by atoms with E-state index in [2.05, 4.69) is 0 Å². The minimum atomic E-state index is -0.947. The van der Waals surface area contributed by atoms with Crippen molar-refractivity contribution in [1.29, 1.82) is 0 Å². The smallest absolute Gasteiger partial charge is 0.303 e. The molecule has 0 saturated carbocycles. The third kappa shape index (κ3) is 4.04. The zero-order chi connectivity index (χ0) is 18.7. The molecule has 0 radical (unpaired) electrons. The molecule has 0 spiro atoms. The predicted octanol–water partition coefficient (Wildman–Crippen LogP) is 1.34. The average molecular weight is 366 g/mol. The van der Waals surface area contributed by atoms with Crippen LogP contribution < -0.4 is 0 Å². The van der Waals surface area contributed by atoms with Crippen LogP contribution in [0.1, 0.15) is 25.7 Å². The van der Waals surface area contributed by atoms with Crippen LogP contribution in [0.15, 0.2) is 30.3 Å². The molecule has 2 aliphatic rings. The number of rotatable bonds is 4. The van der Waals surface area contributed by atoms with Gasteiger partial charge in [0.2, 0.25) is 0 Å². The topological polar surface area (TPSA) is 89.5 Å². The zero-order valence-electron chi connectivity index (χ0n) is 14.8. The van der Waals surface area contributed by atoms with Crippen LogP contribution >= 0.6 is 0 Å². The highest BCUT2D eigenvalue weighted by molar-refractivity contribution is 5.67. The second kappa shape index (κ2) is 8.13. The lowest BCUT2D eigenvalue weighted by Gasteiger charge is -2.47. The summed E-state index contributed by atoms with van der Waals surface area (Å²) in [7, 11) is 1.42. The SMILES string of the molecule is CO[C@H]1O[C@@H]2CO[C@H](c3ccccc3)O[C@H]2[C@@H](OC(C)=O)[C@H]1OC(C)=O. The first-order chi connectivity index (χ1) is 12.5. The van der Waals surface area contributed by atoms with Gasteiger partial charge in [0.05, 0.1) is 6.61 Å². The van der Waals surface area contributed by atoms with Crippen molar-refractivity contribution in [2.45, 2.75) is 50.8 Å². The summed E-state index contributed by atoms with van der Waals surface area (Å²) in [6.07, 6.45) is -4.57. The monoisotopic (exact) mass is 366 g/mol. The van der Waals surface area contributed by atoms with Crippen LogP contribution in [-0.2, 0) is 38.0 Å². The highest BCUT2D eigenvalue weighted by atomic mass is 16.8. The largest absolute Gasteiger partial charge is 0.455 e. The van der Waals surface area contributed by atoms with Gasteiger partial charge in [-0.15, -0.1) is 0 Å². The van der Waals surface area contributed by atoms with E-state index in [0.717, 1.165) is 5.56 Å². The molecule has 0 bridgehead atoms. The number of carbonyl (C=O) groups excluding carboxylic acids is 2. The van der Waals surface area contributed by atoms with Gasteiger partial charge in [-0.2, -0.15) is 0 Å². The van der Waals surface area contributed by atoms with Crippen LogP contribution in [0, 0.1) is 0 Å². The minimum absolute atomic E-state index is 0.217. The molecular formula is C18H22O8. The maximum atomic E-state index is 11.6. The molecule has 0 aliphatic carbocycles. The predicted molar refractivity (Wildman–Crippen MR) is 86.8 cm³/mol. The molecule has 0 N–H and O–H groups in total. The molecule has 26 heavy (non-hydrogen) atoms. The summed E-state index contributed by atoms with van der Waals surface area (Å²) >= 11 is 0. The van der Waals surface area contributed by atoms with Crippen molar-refractivity contribution in [1.82, 2.24) is 0 Å². The standard InChI is InChI=1S/C18H22O8/c1-10(19)23-15-14-13(25-18(21-3)16(15)24-11(2)20)9-22-17(26-14)12-7-5-4-6-8-12/h4-8,13-18H,9H2,1-3H3/t13-,14-,15-,16-,17+,18+/m1/s1. The quantitative estimate of drug-likeness (QED) is 0.738. The summed E-state index contributed by atoms with van der Waals surface area (Å²) in [6, 6.07) is 9.38. The lowest BCUT2D eigenvalue weighted by atomic mass is 9.97. The highest BCUT2D eigenvalue weighted by Gasteiger charge is 2.53. The summed E-state index contributed by atoms with van der Waals surface area (Å²) in [6.45, 7) is 2.76. The Labute approximate surface area is 151 Å². The van der Waals surface area contributed by atoms with Crippen molar-refractivity contribution < 1.29 is 38.0 Å². The minimum Gasteiger partial charge on any atom is -0.455 e. The van der Waals surface area contributed by atoms with Crippen LogP contribution in [0.2, 0.25) is 0 Å². The van der Waals surface area contributed by atoms with Gasteiger partial charge < -0.3 is 28.4 Å². The Morgan fingerprint density at radius 1 is 1.00 bits per heavy atom. The van der Waals surface area contributed by atoms with E-state index < -0.39 is 48.9 Å². The Kier molecular flexibility index (Phi) is 5.87. The van der Waals surface area contributed by atoms with E-state index >= 15 is 0 Å². The summed E-state index contributed by atoms with van der Waals surface area (Å²) in [5.41, 5.74) is 0.824. The number of ether oxygens (including phenoxy) is 6. The second-order valence-corrected chi connectivity index (χ2v) is 6.10. The van der Waals surface area contributed by atoms with E-state index in [4.69, 9.17) is 28.4 Å². The third-order valence-corrected chi connectivity index (χ3v) is 4.19. The van der Waals surface area contributed by atoms with Gasteiger partial charge in [-0.25, -0.2) is 0 Å². The van der Waals surface area contributed by atoms with Gasteiger partial charge in [-0.3, -0.25) is 9.59 Å². The summed E-state index contributed by atoms with van der Waals surface area (Å²) in [4.78, 5) is 23.1. The summed E-state index contributed by atoms with van der Waals surface area (Å²) in [5.74, 6) is -1.06. The molecular weight excluding hydrogens is 344 g/mol. The Hall–Kier alpha value is -2.00. The molecule has 1 aromatic carbocycles. The maximum Gasteiger partial charge on any atom is 0.303 e. The maximum absolute atomic E-state index is 11.6. The average Bonchev–Trinajstić information content (AvgIpc) is 2.63. The van der Waals surface area contributed by atoms with E-state index in [9.17, 15) is 9.59 Å². The van der Waals surface area contributed by atoms with Crippen molar-refractivity contribution in [2.24, 2.45) is 0 Å². The van der Waals surface area contributed by atoms with Gasteiger partial charge in [0.25, 0.3) is 0 Å². The van der Waals surface area contributed by atoms with Crippen LogP contribution in [0.4, 0.5) is 0 Å². The molecule has 0 aromatic heterocycles. The van der Waals surface area contributed by atoms with Gasteiger partial charge in [0.15, 0.2) is 24.8 Å². The molecule has 2 saturated heterocycles. The number of methoxy groups -OCH3 is 1. The van der Waals surface area contributed by atoms with Crippen LogP contribution in [0.5, 0.6) is 0 Å². The molecule has 8 heteroatoms. The summed E-state index contributed by atoms with van der Waals surface area (Å²) in [5, 5.41) is 0. The zero-order valence-corrected chi connectivity index (χ0v) is 14.8. The fourth-order valence-corrected chi connectivity index (χ4v) is 3.16. The highest BCUT2D eigenvalue weighted by Crippen LogP contribution is 2.36. The molecule has 6 atom stereocenters. The molecule has 142 valence electrons. The first-order valence-corrected chi connectivity index (χ1v) is 8.34. The third-order valence-electron chi connectivity index (χ3n) is 4.19. The van der Waals surface area contributed by atoms with Crippen molar-refractivity contribution in [2.75, 3.05) is 13.7 Å². The van der Waals surface area contributed by atoms with Gasteiger partial charge >= 0.3 is 11.9 Å². The lowest BCUT2D eigenvalue weighted by Crippen LogP contribution is -2.64. The molecule has 0 amide bonds. The molecule has 2 aliphatic heterocycles. The van der Waals surface area contributed by atoms with Crippen LogP contribution in [0.3, 0.4) is 0 Å². The second-order valence-electron chi connectivity index (χ2n) is 6.10. The first kappa shape index (κ1) is 18.8. The number of hydrogen-bond donors (Lipinski definition) is 0. The van der Waals surface area contributed by atoms with Crippen molar-refractivity contribution in [3.63, 3.8) is 0 Å². The number of fused-ring (bicyclic) bond motifs is 1. The molecule has 2 fully saturated rings. The molecule has 8 nitrogen and oxygen atoms in total. The fourth-order valence-electron chi connectivity index (χ4n) is 3.16.